The second-order valence-corrected chi connectivity index (χ2v) is 18.8. The molecule has 1 fully saturated rings. The average molecular weight is 939 g/mol. The Balaban J connectivity index is 1.46. The summed E-state index contributed by atoms with van der Waals surface area (Å²) in [6.45, 7) is 8.34. The van der Waals surface area contributed by atoms with Crippen LogP contribution in [0.25, 0.3) is 16.8 Å². The first kappa shape index (κ1) is 55.7. The molecule has 2 N–H and O–H groups in total. The summed E-state index contributed by atoms with van der Waals surface area (Å²) in [7, 11) is 0. The van der Waals surface area contributed by atoms with Gasteiger partial charge in [0.05, 0.1) is 25.4 Å². The summed E-state index contributed by atoms with van der Waals surface area (Å²) >= 11 is 0. The second kappa shape index (κ2) is 34.4. The minimum atomic E-state index is -0.845. The van der Waals surface area contributed by atoms with Crippen LogP contribution in [-0.4, -0.2) is 43.6 Å². The van der Waals surface area contributed by atoms with Crippen LogP contribution in [0.5, 0.6) is 23.0 Å². The number of unbranched alkanes of at least 4 members (excludes halogenated alkanes) is 27. The van der Waals surface area contributed by atoms with Gasteiger partial charge in [0, 0.05) is 0 Å². The number of carbonyl (C=O) groups is 4. The predicted octanol–water partition coefficient (Wildman–Crippen LogP) is 15.7. The molecule has 3 aromatic rings. The fourth-order valence-electron chi connectivity index (χ4n) is 8.69. The lowest BCUT2D eigenvalue weighted by Gasteiger charge is -2.19. The number of rotatable bonds is 39. The van der Waals surface area contributed by atoms with E-state index < -0.39 is 23.8 Å². The molecule has 0 aliphatic carbocycles. The van der Waals surface area contributed by atoms with E-state index in [9.17, 15) is 19.2 Å². The Morgan fingerprint density at radius 3 is 1.28 bits per heavy atom. The number of carbonyl (C=O) groups excluding carboxylic acids is 4. The Bertz CT molecular complexity index is 1910. The summed E-state index contributed by atoms with van der Waals surface area (Å²) in [4.78, 5) is 50.1. The lowest BCUT2D eigenvalue weighted by atomic mass is 10.0. The van der Waals surface area contributed by atoms with Crippen molar-refractivity contribution in [2.24, 2.45) is 0 Å². The highest BCUT2D eigenvalue weighted by atomic mass is 16.5. The number of imide groups is 2. The number of hydrogen-bond acceptors (Lipinski definition) is 8. The number of benzene rings is 3. The molecule has 1 aliphatic rings. The quantitative estimate of drug-likeness (QED) is 0.0190. The van der Waals surface area contributed by atoms with Gasteiger partial charge in [0.2, 0.25) is 5.75 Å². The number of urea groups is 1. The first-order valence-electron chi connectivity index (χ1n) is 27.0. The first-order chi connectivity index (χ1) is 33.3. The van der Waals surface area contributed by atoms with E-state index in [0.29, 0.717) is 53.9 Å². The van der Waals surface area contributed by atoms with Gasteiger partial charge in [0.15, 0.2) is 11.5 Å². The molecule has 68 heavy (non-hydrogen) atoms. The molecule has 0 radical (unpaired) electrons. The van der Waals surface area contributed by atoms with E-state index in [4.69, 9.17) is 18.9 Å². The molecule has 10 heteroatoms. The number of ether oxygens (including phenoxy) is 4. The molecule has 376 valence electrons. The molecule has 0 bridgehead atoms. The van der Waals surface area contributed by atoms with Crippen molar-refractivity contribution in [2.45, 2.75) is 213 Å². The van der Waals surface area contributed by atoms with Crippen LogP contribution in [0.4, 0.5) is 4.79 Å². The molecule has 1 saturated heterocycles. The normalized spacial score (nSPS) is 12.6. The molecule has 4 rings (SSSR count). The van der Waals surface area contributed by atoms with Gasteiger partial charge >= 0.3 is 12.0 Å². The minimum Gasteiger partial charge on any atom is -0.490 e. The molecule has 10 nitrogen and oxygen atoms in total. The molecule has 0 aromatic heterocycles. The number of hydrogen-bond donors (Lipinski definition) is 2. The SMILES string of the molecule is CCCCCCCCCCCCOc1cc(C(=O)Oc2ccc3cc(C=C4C(=O)NC(=O)NC4=O)ccc3c2)cc(OCCCCCCCCCCCC)c1OCCCCCCCCCCCC. The Hall–Kier alpha value is -4.86. The van der Waals surface area contributed by atoms with E-state index >= 15 is 0 Å². The van der Waals surface area contributed by atoms with Crippen LogP contribution in [0.3, 0.4) is 0 Å². The summed E-state index contributed by atoms with van der Waals surface area (Å²) in [6.07, 6.45) is 38.4. The van der Waals surface area contributed by atoms with E-state index in [1.54, 1.807) is 30.3 Å². The number of barbiturate groups is 1. The molecule has 1 heterocycles. The van der Waals surface area contributed by atoms with Crippen molar-refractivity contribution in [2.75, 3.05) is 19.8 Å². The summed E-state index contributed by atoms with van der Waals surface area (Å²) < 4.78 is 25.6. The molecule has 0 spiro atoms. The lowest BCUT2D eigenvalue weighted by molar-refractivity contribution is -0.123. The molecule has 4 amide bonds. The number of fused-ring (bicyclic) bond motifs is 1. The van der Waals surface area contributed by atoms with Crippen molar-refractivity contribution in [3.63, 3.8) is 0 Å². The summed E-state index contributed by atoms with van der Waals surface area (Å²) in [5.74, 6) is -0.119. The van der Waals surface area contributed by atoms with E-state index in [2.05, 4.69) is 31.4 Å². The zero-order valence-electron chi connectivity index (χ0n) is 42.3. The topological polar surface area (TPSA) is 129 Å². The monoisotopic (exact) mass is 939 g/mol. The van der Waals surface area contributed by atoms with Gasteiger partial charge in [-0.1, -0.05) is 212 Å². The third kappa shape index (κ3) is 22.1. The summed E-state index contributed by atoms with van der Waals surface area (Å²) in [6, 6.07) is 13.3. The van der Waals surface area contributed by atoms with E-state index in [-0.39, 0.29) is 5.57 Å². The largest absolute Gasteiger partial charge is 0.490 e. The zero-order chi connectivity index (χ0) is 48.4. The maximum Gasteiger partial charge on any atom is 0.343 e. The van der Waals surface area contributed by atoms with Crippen LogP contribution in [0.2, 0.25) is 0 Å². The summed E-state index contributed by atoms with van der Waals surface area (Å²) in [5.41, 5.74) is 0.753. The molecule has 0 atom stereocenters. The molecule has 3 aromatic carbocycles. The van der Waals surface area contributed by atoms with Gasteiger partial charge in [-0.3, -0.25) is 20.2 Å². The minimum absolute atomic E-state index is 0.164. The van der Waals surface area contributed by atoms with Crippen LogP contribution < -0.4 is 29.6 Å². The maximum absolute atomic E-state index is 14.0. The molecular weight excluding hydrogens is 853 g/mol. The Kier molecular flexibility index (Phi) is 28.2. The molecule has 0 unspecified atom stereocenters. The van der Waals surface area contributed by atoms with Crippen LogP contribution in [-0.2, 0) is 9.59 Å². The van der Waals surface area contributed by atoms with Crippen molar-refractivity contribution in [1.82, 2.24) is 10.6 Å². The Morgan fingerprint density at radius 1 is 0.456 bits per heavy atom. The third-order valence-corrected chi connectivity index (χ3v) is 12.8. The Labute approximate surface area is 409 Å². The fourth-order valence-corrected chi connectivity index (χ4v) is 8.69. The van der Waals surface area contributed by atoms with Crippen molar-refractivity contribution in [1.29, 1.82) is 0 Å². The van der Waals surface area contributed by atoms with E-state index in [1.165, 1.54) is 160 Å². The van der Waals surface area contributed by atoms with Gasteiger partial charge in [-0.25, -0.2) is 9.59 Å². The van der Waals surface area contributed by atoms with Crippen molar-refractivity contribution in [3.8, 4) is 23.0 Å². The molecule has 1 aliphatic heterocycles. The molecular formula is C58H86N2O8. The standard InChI is InChI=1S/C58H86N2O8/c1-4-7-10-13-16-19-22-25-28-31-38-65-52-44-49(57(63)68-50-37-36-47-41-46(34-35-48(47)43-50)42-51-55(61)59-58(64)60-56(51)62)45-53(66-39-32-29-26-23-20-17-14-11-8-5-2)54(52)67-40-33-30-27-24-21-18-15-12-9-6-3/h34-37,41-45H,4-33,38-40H2,1-3H3,(H2,59,60,61,62,64). The lowest BCUT2D eigenvalue weighted by Crippen LogP contribution is -2.51. The maximum atomic E-state index is 14.0. The average Bonchev–Trinajstić information content (AvgIpc) is 3.33. The van der Waals surface area contributed by atoms with Crippen LogP contribution in [0.15, 0.2) is 54.1 Å². The van der Waals surface area contributed by atoms with Gasteiger partial charge in [-0.2, -0.15) is 0 Å². The first-order valence-corrected chi connectivity index (χ1v) is 27.0. The number of nitrogens with one attached hydrogen (secondary N) is 2. The smallest absolute Gasteiger partial charge is 0.343 e. The Morgan fingerprint density at radius 2 is 0.838 bits per heavy atom. The number of esters is 1. The van der Waals surface area contributed by atoms with Gasteiger partial charge in [-0.05, 0) is 72.0 Å². The van der Waals surface area contributed by atoms with E-state index in [0.717, 1.165) is 49.3 Å². The van der Waals surface area contributed by atoms with Gasteiger partial charge in [0.25, 0.3) is 11.8 Å². The molecule has 0 saturated carbocycles. The number of amides is 4. The van der Waals surface area contributed by atoms with Crippen LogP contribution in [0.1, 0.15) is 229 Å². The highest BCUT2D eigenvalue weighted by molar-refractivity contribution is 6.31. The second-order valence-electron chi connectivity index (χ2n) is 18.8. The highest BCUT2D eigenvalue weighted by Crippen LogP contribution is 2.40. The van der Waals surface area contributed by atoms with E-state index in [1.807, 2.05) is 18.2 Å². The van der Waals surface area contributed by atoms with Crippen molar-refractivity contribution < 1.29 is 38.1 Å². The van der Waals surface area contributed by atoms with Crippen LogP contribution in [0, 0.1) is 0 Å². The van der Waals surface area contributed by atoms with Crippen molar-refractivity contribution >= 4 is 40.7 Å². The van der Waals surface area contributed by atoms with Gasteiger partial charge in [-0.15, -0.1) is 0 Å². The fraction of sp³-hybridized carbons (Fsp3) is 0.621. The predicted molar refractivity (Wildman–Crippen MR) is 277 cm³/mol. The zero-order valence-corrected chi connectivity index (χ0v) is 42.3. The van der Waals surface area contributed by atoms with Gasteiger partial charge < -0.3 is 18.9 Å². The third-order valence-electron chi connectivity index (χ3n) is 12.8. The van der Waals surface area contributed by atoms with Crippen LogP contribution >= 0.6 is 0 Å². The summed E-state index contributed by atoms with van der Waals surface area (Å²) in [5, 5.41) is 5.79. The highest BCUT2D eigenvalue weighted by Gasteiger charge is 2.27. The van der Waals surface area contributed by atoms with Gasteiger partial charge in [0.1, 0.15) is 11.3 Å². The van der Waals surface area contributed by atoms with Crippen molar-refractivity contribution in [3.05, 3.63) is 65.2 Å².